The highest BCUT2D eigenvalue weighted by Crippen LogP contribution is 2.45. The number of fused-ring (bicyclic) bond motifs is 14. The highest BCUT2D eigenvalue weighted by Gasteiger charge is 2.23. The maximum Gasteiger partial charge on any atom is 0.235 e. The zero-order valence-corrected chi connectivity index (χ0v) is 38.0. The molecule has 5 heterocycles. The van der Waals surface area contributed by atoms with Crippen molar-refractivity contribution in [1.29, 1.82) is 0 Å². The molecule has 15 rings (SSSR count). The van der Waals surface area contributed by atoms with Crippen LogP contribution in [0.25, 0.3) is 140 Å². The van der Waals surface area contributed by atoms with Gasteiger partial charge < -0.3 is 4.57 Å². The number of thiophene rings is 2. The Labute approximate surface area is 397 Å². The van der Waals surface area contributed by atoms with Gasteiger partial charge in [-0.05, 0) is 88.1 Å². The van der Waals surface area contributed by atoms with Gasteiger partial charge >= 0.3 is 0 Å². The number of para-hydroxylation sites is 2. The molecular weight excluding hydrogens is 865 g/mol. The maximum absolute atomic E-state index is 5.80. The molecule has 0 atom stereocenters. The first-order valence-corrected chi connectivity index (χ1v) is 24.6. The molecule has 68 heavy (non-hydrogen) atoms. The molecule has 0 aliphatic heterocycles. The molecule has 6 heteroatoms. The molecule has 0 radical (unpaired) electrons. The van der Waals surface area contributed by atoms with Gasteiger partial charge in [0.15, 0.2) is 0 Å². The third-order valence-corrected chi connectivity index (χ3v) is 16.3. The summed E-state index contributed by atoms with van der Waals surface area (Å²) in [6, 6.07) is 79.6. The minimum absolute atomic E-state index is 0.648. The Kier molecular flexibility index (Phi) is 8.07. The summed E-state index contributed by atoms with van der Waals surface area (Å²) in [7, 11) is 0. The molecule has 0 aliphatic carbocycles. The van der Waals surface area contributed by atoms with Crippen LogP contribution >= 0.6 is 22.7 Å². The second-order valence-electron chi connectivity index (χ2n) is 17.7. The van der Waals surface area contributed by atoms with E-state index in [2.05, 4.69) is 228 Å². The summed E-state index contributed by atoms with van der Waals surface area (Å²) in [6.07, 6.45) is 0. The van der Waals surface area contributed by atoms with E-state index in [0.29, 0.717) is 5.95 Å². The van der Waals surface area contributed by atoms with Gasteiger partial charge in [0.2, 0.25) is 5.95 Å². The Morgan fingerprint density at radius 3 is 1.82 bits per heavy atom. The van der Waals surface area contributed by atoms with Gasteiger partial charge in [-0.15, -0.1) is 22.7 Å². The zero-order chi connectivity index (χ0) is 44.5. The Bertz CT molecular complexity index is 4560. The molecule has 0 aliphatic rings. The third kappa shape index (κ3) is 5.59. The first kappa shape index (κ1) is 37.8. The SMILES string of the molecule is c1ccc(-c2cc3ccc4nc(-n5c6cc(-c7ccc8c9ccccc9n(-c9ccccc9)c8c7)ccc6c6ccc7ccccc7c65)nc(-c5ccc6sc7ccccc7c6c5)c4c3s2)cc1. The summed E-state index contributed by atoms with van der Waals surface area (Å²) < 4.78 is 8.48. The van der Waals surface area contributed by atoms with Gasteiger partial charge in [-0.1, -0.05) is 158 Å². The molecule has 0 unspecified atom stereocenters. The highest BCUT2D eigenvalue weighted by atomic mass is 32.1. The summed E-state index contributed by atoms with van der Waals surface area (Å²) >= 11 is 3.66. The normalized spacial score (nSPS) is 12.1. The van der Waals surface area contributed by atoms with E-state index in [9.17, 15) is 0 Å². The van der Waals surface area contributed by atoms with Crippen LogP contribution in [0.4, 0.5) is 0 Å². The van der Waals surface area contributed by atoms with Crippen molar-refractivity contribution in [3.63, 3.8) is 0 Å². The summed E-state index contributed by atoms with van der Waals surface area (Å²) in [6.45, 7) is 0. The fourth-order valence-corrected chi connectivity index (χ4v) is 13.1. The lowest BCUT2D eigenvalue weighted by atomic mass is 10.0. The van der Waals surface area contributed by atoms with Crippen LogP contribution in [0, 0.1) is 0 Å². The van der Waals surface area contributed by atoms with E-state index in [1.807, 2.05) is 22.7 Å². The van der Waals surface area contributed by atoms with E-state index >= 15 is 0 Å². The van der Waals surface area contributed by atoms with Gasteiger partial charge in [0.05, 0.1) is 33.3 Å². The van der Waals surface area contributed by atoms with Gasteiger partial charge in [-0.2, -0.15) is 0 Å². The first-order chi connectivity index (χ1) is 33.7. The number of benzene rings is 10. The van der Waals surface area contributed by atoms with E-state index in [4.69, 9.17) is 9.97 Å². The van der Waals surface area contributed by atoms with E-state index in [0.717, 1.165) is 60.8 Å². The molecule has 0 fully saturated rings. The molecule has 0 saturated heterocycles. The average molecular weight is 901 g/mol. The first-order valence-electron chi connectivity index (χ1n) is 23.0. The molecular formula is C62H36N4S2. The summed E-state index contributed by atoms with van der Waals surface area (Å²) in [4.78, 5) is 12.6. The zero-order valence-electron chi connectivity index (χ0n) is 36.4. The highest BCUT2D eigenvalue weighted by molar-refractivity contribution is 7.25. The van der Waals surface area contributed by atoms with Crippen LogP contribution in [-0.4, -0.2) is 19.1 Å². The predicted molar refractivity (Wildman–Crippen MR) is 290 cm³/mol. The number of rotatable bonds is 5. The minimum atomic E-state index is 0.648. The molecule has 316 valence electrons. The standard InChI is InChI=1S/C62H36N4S2/c1-3-14-38(15-4-1)57-36-42-26-31-51-58(61(42)68-57)59(41-27-32-56-50(33-41)48-20-10-12-22-55(48)67-56)64-62(63-51)66-54-35-40(25-29-47(54)49-30-23-37-13-7-8-18-44(37)60(49)66)39-24-28-46-45-19-9-11-21-52(45)65(53(46)34-39)43-16-5-2-6-17-43/h1-36H. The smallest absolute Gasteiger partial charge is 0.235 e. The average Bonchev–Trinajstić information content (AvgIpc) is 4.18. The molecule has 0 bridgehead atoms. The molecule has 10 aromatic carbocycles. The van der Waals surface area contributed by atoms with Gasteiger partial charge in [-0.25, -0.2) is 9.97 Å². The number of aromatic nitrogens is 4. The molecule has 5 aromatic heterocycles. The quantitative estimate of drug-likeness (QED) is 0.173. The Hall–Kier alpha value is -8.42. The van der Waals surface area contributed by atoms with Gasteiger partial charge in [0, 0.05) is 73.3 Å². The van der Waals surface area contributed by atoms with Crippen molar-refractivity contribution in [2.75, 3.05) is 0 Å². The monoisotopic (exact) mass is 900 g/mol. The van der Waals surface area contributed by atoms with Crippen molar-refractivity contribution < 1.29 is 0 Å². The Morgan fingerprint density at radius 2 is 0.985 bits per heavy atom. The van der Waals surface area contributed by atoms with Crippen molar-refractivity contribution in [2.24, 2.45) is 0 Å². The molecule has 0 saturated carbocycles. The summed E-state index contributed by atoms with van der Waals surface area (Å²) in [5.41, 5.74) is 12.1. The third-order valence-electron chi connectivity index (χ3n) is 13.9. The minimum Gasteiger partial charge on any atom is -0.309 e. The second kappa shape index (κ2) is 14.5. The largest absolute Gasteiger partial charge is 0.309 e. The predicted octanol–water partition coefficient (Wildman–Crippen LogP) is 17.6. The van der Waals surface area contributed by atoms with E-state index in [1.54, 1.807) is 0 Å². The van der Waals surface area contributed by atoms with Crippen LogP contribution in [-0.2, 0) is 0 Å². The van der Waals surface area contributed by atoms with Crippen molar-refractivity contribution in [3.05, 3.63) is 218 Å². The number of nitrogens with zero attached hydrogens (tertiary/aromatic N) is 4. The van der Waals surface area contributed by atoms with Gasteiger partial charge in [-0.3, -0.25) is 4.57 Å². The molecule has 0 spiro atoms. The topological polar surface area (TPSA) is 35.6 Å². The van der Waals surface area contributed by atoms with Crippen molar-refractivity contribution in [2.45, 2.75) is 0 Å². The van der Waals surface area contributed by atoms with Crippen molar-refractivity contribution in [3.8, 4) is 44.5 Å². The molecule has 0 amide bonds. The van der Waals surface area contributed by atoms with E-state index in [-0.39, 0.29) is 0 Å². The lowest BCUT2D eigenvalue weighted by Gasteiger charge is -2.14. The van der Waals surface area contributed by atoms with Gasteiger partial charge in [0.25, 0.3) is 0 Å². The molecule has 15 aromatic rings. The van der Waals surface area contributed by atoms with Crippen LogP contribution in [0.15, 0.2) is 218 Å². The molecule has 4 nitrogen and oxygen atoms in total. The van der Waals surface area contributed by atoms with Crippen LogP contribution in [0.1, 0.15) is 0 Å². The Morgan fingerprint density at radius 1 is 0.353 bits per heavy atom. The van der Waals surface area contributed by atoms with E-state index < -0.39 is 0 Å². The lowest BCUT2D eigenvalue weighted by Crippen LogP contribution is -2.04. The van der Waals surface area contributed by atoms with Crippen LogP contribution in [0.3, 0.4) is 0 Å². The fraction of sp³-hybridized carbons (Fsp3) is 0. The van der Waals surface area contributed by atoms with Gasteiger partial charge in [0.1, 0.15) is 0 Å². The van der Waals surface area contributed by atoms with Crippen LogP contribution in [0.5, 0.6) is 0 Å². The summed E-state index contributed by atoms with van der Waals surface area (Å²) in [5.74, 6) is 0.648. The number of hydrogen-bond donors (Lipinski definition) is 0. The fourth-order valence-electron chi connectivity index (χ4n) is 10.8. The lowest BCUT2D eigenvalue weighted by molar-refractivity contribution is 1.02. The Balaban J connectivity index is 1.02. The second-order valence-corrected chi connectivity index (χ2v) is 19.8. The van der Waals surface area contributed by atoms with Crippen LogP contribution < -0.4 is 0 Å². The number of hydrogen-bond acceptors (Lipinski definition) is 4. The van der Waals surface area contributed by atoms with Crippen molar-refractivity contribution in [1.82, 2.24) is 19.1 Å². The molecule has 0 N–H and O–H groups in total. The van der Waals surface area contributed by atoms with Crippen molar-refractivity contribution >= 4 is 118 Å². The van der Waals surface area contributed by atoms with Crippen LogP contribution in [0.2, 0.25) is 0 Å². The maximum atomic E-state index is 5.80. The summed E-state index contributed by atoms with van der Waals surface area (Å²) in [5, 5.41) is 11.9. The van der Waals surface area contributed by atoms with E-state index in [1.165, 1.54) is 73.3 Å².